The number of carbonyl (C=O) groups excluding carboxylic acids is 1. The molecule has 0 unspecified atom stereocenters. The second-order valence-corrected chi connectivity index (χ2v) is 5.20. The monoisotopic (exact) mass is 308 g/mol. The van der Waals surface area contributed by atoms with Crippen LogP contribution in [0.25, 0.3) is 11.8 Å². The molecule has 0 saturated carbocycles. The molecule has 0 aliphatic heterocycles. The van der Waals surface area contributed by atoms with E-state index in [2.05, 4.69) is 5.10 Å². The van der Waals surface area contributed by atoms with Crippen molar-refractivity contribution in [1.29, 1.82) is 0 Å². The number of hydrogen-bond donors (Lipinski definition) is 0. The number of aromatic nitrogens is 2. The van der Waals surface area contributed by atoms with Crippen LogP contribution in [0, 0.1) is 0 Å². The van der Waals surface area contributed by atoms with Crippen molar-refractivity contribution in [2.75, 3.05) is 0 Å². The van der Waals surface area contributed by atoms with Gasteiger partial charge in [-0.25, -0.2) is 4.68 Å². The van der Waals surface area contributed by atoms with Crippen molar-refractivity contribution in [2.24, 2.45) is 0 Å². The first-order chi connectivity index (χ1) is 10.7. The molecule has 0 N–H and O–H groups in total. The van der Waals surface area contributed by atoms with Gasteiger partial charge in [-0.1, -0.05) is 41.9 Å². The Balaban J connectivity index is 1.76. The Bertz CT molecular complexity index is 822. The summed E-state index contributed by atoms with van der Waals surface area (Å²) in [5.41, 5.74) is 2.40. The fourth-order valence-electron chi connectivity index (χ4n) is 2.05. The molecular weight excluding hydrogens is 296 g/mol. The van der Waals surface area contributed by atoms with Gasteiger partial charge in [-0.3, -0.25) is 4.79 Å². The van der Waals surface area contributed by atoms with Crippen molar-refractivity contribution in [2.45, 2.75) is 0 Å². The van der Waals surface area contributed by atoms with E-state index in [1.807, 2.05) is 36.5 Å². The molecule has 0 aliphatic rings. The minimum atomic E-state index is -0.0880. The van der Waals surface area contributed by atoms with Gasteiger partial charge < -0.3 is 0 Å². The molecule has 0 atom stereocenters. The lowest BCUT2D eigenvalue weighted by Crippen LogP contribution is -1.93. The highest BCUT2D eigenvalue weighted by atomic mass is 35.5. The largest absolute Gasteiger partial charge is 0.289 e. The van der Waals surface area contributed by atoms with Crippen LogP contribution in [-0.2, 0) is 0 Å². The van der Waals surface area contributed by atoms with E-state index in [1.165, 1.54) is 6.08 Å². The van der Waals surface area contributed by atoms with Crippen molar-refractivity contribution in [3.05, 3.63) is 89.2 Å². The van der Waals surface area contributed by atoms with Crippen LogP contribution >= 0.6 is 11.6 Å². The molecule has 0 radical (unpaired) electrons. The molecule has 4 heteroatoms. The third kappa shape index (κ3) is 3.32. The molecule has 0 fully saturated rings. The summed E-state index contributed by atoms with van der Waals surface area (Å²) in [6.07, 6.45) is 6.86. The number of benzene rings is 2. The van der Waals surface area contributed by atoms with E-state index in [-0.39, 0.29) is 5.78 Å². The number of halogens is 1. The molecule has 3 rings (SSSR count). The summed E-state index contributed by atoms with van der Waals surface area (Å²) in [7, 11) is 0. The Labute approximate surface area is 133 Å². The van der Waals surface area contributed by atoms with Gasteiger partial charge in [0.25, 0.3) is 0 Å². The van der Waals surface area contributed by atoms with Crippen LogP contribution in [0.5, 0.6) is 0 Å². The van der Waals surface area contributed by atoms with Crippen LogP contribution in [-0.4, -0.2) is 15.6 Å². The third-order valence-corrected chi connectivity index (χ3v) is 3.39. The molecule has 1 heterocycles. The number of para-hydroxylation sites is 1. The first-order valence-electron chi connectivity index (χ1n) is 6.80. The van der Waals surface area contributed by atoms with Gasteiger partial charge in [-0.2, -0.15) is 5.10 Å². The predicted molar refractivity (Wildman–Crippen MR) is 88.4 cm³/mol. The summed E-state index contributed by atoms with van der Waals surface area (Å²) < 4.78 is 1.77. The molecule has 3 aromatic rings. The van der Waals surface area contributed by atoms with E-state index in [0.717, 1.165) is 11.3 Å². The summed E-state index contributed by atoms with van der Waals surface area (Å²) in [6, 6.07) is 16.7. The first kappa shape index (κ1) is 14.3. The lowest BCUT2D eigenvalue weighted by Gasteiger charge is -1.98. The van der Waals surface area contributed by atoms with Crippen molar-refractivity contribution in [1.82, 2.24) is 9.78 Å². The molecular formula is C18H13ClN2O. The second-order valence-electron chi connectivity index (χ2n) is 4.76. The van der Waals surface area contributed by atoms with Crippen molar-refractivity contribution in [3.8, 4) is 5.69 Å². The van der Waals surface area contributed by atoms with Crippen LogP contribution in [0.2, 0.25) is 5.02 Å². The van der Waals surface area contributed by atoms with E-state index in [1.54, 1.807) is 41.2 Å². The number of carbonyl (C=O) groups is 1. The van der Waals surface area contributed by atoms with Crippen LogP contribution in [0.3, 0.4) is 0 Å². The smallest absolute Gasteiger partial charge is 0.185 e. The Morgan fingerprint density at radius 3 is 2.68 bits per heavy atom. The van der Waals surface area contributed by atoms with Gasteiger partial charge in [0, 0.05) is 22.3 Å². The number of rotatable bonds is 4. The number of ketones is 1. The lowest BCUT2D eigenvalue weighted by atomic mass is 10.1. The number of nitrogens with zero attached hydrogens (tertiary/aromatic N) is 2. The molecule has 108 valence electrons. The summed E-state index contributed by atoms with van der Waals surface area (Å²) in [5, 5.41) is 4.84. The zero-order valence-electron chi connectivity index (χ0n) is 11.7. The summed E-state index contributed by atoms with van der Waals surface area (Å²) >= 11 is 5.89. The zero-order chi connectivity index (χ0) is 15.4. The number of allylic oxidation sites excluding steroid dienone is 1. The van der Waals surface area contributed by atoms with Gasteiger partial charge in [-0.15, -0.1) is 0 Å². The zero-order valence-corrected chi connectivity index (χ0v) is 12.4. The minimum Gasteiger partial charge on any atom is -0.289 e. The van der Waals surface area contributed by atoms with Crippen LogP contribution in [0.15, 0.2) is 73.1 Å². The van der Waals surface area contributed by atoms with Crippen molar-refractivity contribution >= 4 is 23.5 Å². The summed E-state index contributed by atoms with van der Waals surface area (Å²) in [6.45, 7) is 0. The summed E-state index contributed by atoms with van der Waals surface area (Å²) in [4.78, 5) is 12.1. The highest BCUT2D eigenvalue weighted by Gasteiger charge is 2.03. The highest BCUT2D eigenvalue weighted by molar-refractivity contribution is 6.31. The fraction of sp³-hybridized carbons (Fsp3) is 0. The van der Waals surface area contributed by atoms with Gasteiger partial charge in [-0.05, 0) is 36.4 Å². The second kappa shape index (κ2) is 6.41. The minimum absolute atomic E-state index is 0.0880. The SMILES string of the molecule is O=C(/C=C/c1cnn(-c2ccccc2)c1)c1cccc(Cl)c1. The molecule has 1 aromatic heterocycles. The van der Waals surface area contributed by atoms with E-state index >= 15 is 0 Å². The molecule has 0 aliphatic carbocycles. The molecule has 2 aromatic carbocycles. The third-order valence-electron chi connectivity index (χ3n) is 3.16. The van der Waals surface area contributed by atoms with E-state index in [4.69, 9.17) is 11.6 Å². The number of hydrogen-bond acceptors (Lipinski definition) is 2. The maximum atomic E-state index is 12.1. The maximum Gasteiger partial charge on any atom is 0.185 e. The van der Waals surface area contributed by atoms with Crippen molar-refractivity contribution in [3.63, 3.8) is 0 Å². The topological polar surface area (TPSA) is 34.9 Å². The van der Waals surface area contributed by atoms with Gasteiger partial charge in [0.05, 0.1) is 11.9 Å². The van der Waals surface area contributed by atoms with Crippen molar-refractivity contribution < 1.29 is 4.79 Å². The predicted octanol–water partition coefficient (Wildman–Crippen LogP) is 4.42. The van der Waals surface area contributed by atoms with E-state index in [9.17, 15) is 4.79 Å². The van der Waals surface area contributed by atoms with Crippen LogP contribution < -0.4 is 0 Å². The fourth-order valence-corrected chi connectivity index (χ4v) is 2.24. The molecule has 3 nitrogen and oxygen atoms in total. The molecule has 22 heavy (non-hydrogen) atoms. The Morgan fingerprint density at radius 2 is 1.91 bits per heavy atom. The van der Waals surface area contributed by atoms with Crippen LogP contribution in [0.1, 0.15) is 15.9 Å². The highest BCUT2D eigenvalue weighted by Crippen LogP contribution is 2.13. The average molecular weight is 309 g/mol. The van der Waals surface area contributed by atoms with Gasteiger partial charge in [0.2, 0.25) is 0 Å². The molecule has 0 amide bonds. The Kier molecular flexibility index (Phi) is 4.17. The quantitative estimate of drug-likeness (QED) is 0.528. The maximum absolute atomic E-state index is 12.1. The molecule has 0 bridgehead atoms. The van der Waals surface area contributed by atoms with Gasteiger partial charge in [0.15, 0.2) is 5.78 Å². The summed E-state index contributed by atoms with van der Waals surface area (Å²) in [5.74, 6) is -0.0880. The average Bonchev–Trinajstić information content (AvgIpc) is 3.02. The Morgan fingerprint density at radius 1 is 1.09 bits per heavy atom. The lowest BCUT2D eigenvalue weighted by molar-refractivity contribution is 0.104. The van der Waals surface area contributed by atoms with Crippen LogP contribution in [0.4, 0.5) is 0 Å². The van der Waals surface area contributed by atoms with Gasteiger partial charge >= 0.3 is 0 Å². The van der Waals surface area contributed by atoms with Gasteiger partial charge in [0.1, 0.15) is 0 Å². The first-order valence-corrected chi connectivity index (χ1v) is 7.18. The standard InChI is InChI=1S/C18H13ClN2O/c19-16-6-4-5-15(11-16)18(22)10-9-14-12-20-21(13-14)17-7-2-1-3-8-17/h1-13H/b10-9+. The molecule has 0 spiro atoms. The molecule has 0 saturated heterocycles. The Hall–Kier alpha value is -2.65. The van der Waals surface area contributed by atoms with E-state index < -0.39 is 0 Å². The van der Waals surface area contributed by atoms with E-state index in [0.29, 0.717) is 10.6 Å². The normalized spacial score (nSPS) is 11.0.